The average Bonchev–Trinajstić information content (AvgIpc) is 3.51. The van der Waals surface area contributed by atoms with E-state index >= 15 is 0 Å². The summed E-state index contributed by atoms with van der Waals surface area (Å²) in [5.74, 6) is -0.112. The van der Waals surface area contributed by atoms with Crippen LogP contribution in [0.1, 0.15) is 31.4 Å². The topological polar surface area (TPSA) is 99.9 Å². The molecular formula is C22H26F3N5O4. The van der Waals surface area contributed by atoms with Crippen molar-refractivity contribution in [3.05, 3.63) is 36.0 Å². The van der Waals surface area contributed by atoms with Crippen LogP contribution in [0.5, 0.6) is 5.75 Å². The maximum atomic E-state index is 13.0. The minimum absolute atomic E-state index is 0.0669. The van der Waals surface area contributed by atoms with Crippen molar-refractivity contribution in [2.24, 2.45) is 0 Å². The van der Waals surface area contributed by atoms with E-state index in [1.165, 1.54) is 18.2 Å². The lowest BCUT2D eigenvalue weighted by molar-refractivity contribution is -0.274. The summed E-state index contributed by atoms with van der Waals surface area (Å²) < 4.78 is 46.6. The first-order valence-corrected chi connectivity index (χ1v) is 11.1. The predicted molar refractivity (Wildman–Crippen MR) is 115 cm³/mol. The molecule has 2 heterocycles. The molecule has 1 atom stereocenters. The van der Waals surface area contributed by atoms with Gasteiger partial charge < -0.3 is 29.7 Å². The molecule has 1 aromatic heterocycles. The number of rotatable bonds is 6. The van der Waals surface area contributed by atoms with E-state index in [1.54, 1.807) is 24.1 Å². The number of ether oxygens (including phenoxy) is 1. The summed E-state index contributed by atoms with van der Waals surface area (Å²) >= 11 is 0. The minimum Gasteiger partial charge on any atom is -0.406 e. The predicted octanol–water partition coefficient (Wildman–Crippen LogP) is 3.72. The molecule has 1 aliphatic heterocycles. The molecule has 0 bridgehead atoms. The molecule has 1 saturated heterocycles. The van der Waals surface area contributed by atoms with Gasteiger partial charge in [-0.1, -0.05) is 17.3 Å². The van der Waals surface area contributed by atoms with E-state index in [2.05, 4.69) is 20.5 Å². The minimum atomic E-state index is -4.79. The van der Waals surface area contributed by atoms with Gasteiger partial charge in [-0.3, -0.25) is 0 Å². The first-order valence-electron chi connectivity index (χ1n) is 11.1. The highest BCUT2D eigenvalue weighted by Gasteiger charge is 2.39. The zero-order chi connectivity index (χ0) is 24.3. The number of carbonyl (C=O) groups is 2. The number of amides is 4. The fourth-order valence-electron chi connectivity index (χ4n) is 4.14. The molecule has 34 heavy (non-hydrogen) atoms. The Labute approximate surface area is 194 Å². The van der Waals surface area contributed by atoms with Gasteiger partial charge in [0.05, 0.1) is 12.6 Å². The number of halogens is 3. The number of carbonyl (C=O) groups excluding carboxylic acids is 2. The van der Waals surface area contributed by atoms with Crippen molar-refractivity contribution < 1.29 is 32.0 Å². The maximum absolute atomic E-state index is 13.0. The highest BCUT2D eigenvalue weighted by atomic mass is 19.4. The third-order valence-electron chi connectivity index (χ3n) is 5.80. The molecule has 2 aliphatic rings. The zero-order valence-electron chi connectivity index (χ0n) is 18.6. The van der Waals surface area contributed by atoms with Crippen molar-refractivity contribution in [3.8, 4) is 17.1 Å². The lowest BCUT2D eigenvalue weighted by Crippen LogP contribution is -2.56. The smallest absolute Gasteiger partial charge is 0.406 e. The number of nitrogens with zero attached hydrogens (tertiary/aromatic N) is 3. The van der Waals surface area contributed by atoms with E-state index in [-0.39, 0.29) is 42.2 Å². The molecule has 4 rings (SSSR count). The van der Waals surface area contributed by atoms with Crippen molar-refractivity contribution in [1.82, 2.24) is 25.6 Å². The standard InChI is InChI=1S/C22H26F3N5O4/c1-26-20(31)29-9-3-5-17(13-29)30(16-7-8-16)21(32)27-12-15-11-19(34-28-15)14-4-2-6-18(10-14)33-22(23,24)25/h2,4,6,10-11,16-17H,3,5,7-9,12-13H2,1H3,(H,26,31)(H,27,32). The van der Waals surface area contributed by atoms with Crippen LogP contribution in [0.3, 0.4) is 0 Å². The second kappa shape index (κ2) is 9.82. The van der Waals surface area contributed by atoms with Crippen LogP contribution in [-0.2, 0) is 6.54 Å². The molecule has 4 amide bonds. The summed E-state index contributed by atoms with van der Waals surface area (Å²) in [5, 5.41) is 9.40. The van der Waals surface area contributed by atoms with Gasteiger partial charge in [0.25, 0.3) is 0 Å². The van der Waals surface area contributed by atoms with Crippen LogP contribution in [0.25, 0.3) is 11.3 Å². The van der Waals surface area contributed by atoms with Crippen LogP contribution in [0.4, 0.5) is 22.8 Å². The molecule has 9 nitrogen and oxygen atoms in total. The van der Waals surface area contributed by atoms with E-state index < -0.39 is 6.36 Å². The first-order chi connectivity index (χ1) is 16.2. The first kappa shape index (κ1) is 23.7. The van der Waals surface area contributed by atoms with Gasteiger partial charge in [0.15, 0.2) is 5.76 Å². The molecule has 0 radical (unpaired) electrons. The van der Waals surface area contributed by atoms with Gasteiger partial charge in [0, 0.05) is 37.8 Å². The Morgan fingerprint density at radius 1 is 1.24 bits per heavy atom. The van der Waals surface area contributed by atoms with E-state index in [4.69, 9.17) is 4.52 Å². The molecule has 12 heteroatoms. The van der Waals surface area contributed by atoms with Gasteiger partial charge in [-0.15, -0.1) is 13.2 Å². The summed E-state index contributed by atoms with van der Waals surface area (Å²) in [5.41, 5.74) is 0.791. The molecule has 2 aromatic rings. The number of nitrogens with one attached hydrogen (secondary N) is 2. The average molecular weight is 481 g/mol. The van der Waals surface area contributed by atoms with Crippen molar-refractivity contribution in [1.29, 1.82) is 0 Å². The molecule has 2 N–H and O–H groups in total. The molecule has 2 fully saturated rings. The van der Waals surface area contributed by atoms with Gasteiger partial charge in [0.2, 0.25) is 0 Å². The lowest BCUT2D eigenvalue weighted by Gasteiger charge is -2.39. The van der Waals surface area contributed by atoms with Gasteiger partial charge in [-0.05, 0) is 37.8 Å². The SMILES string of the molecule is CNC(=O)N1CCCC(N(C(=O)NCc2cc(-c3cccc(OC(F)(F)F)c3)on2)C2CC2)C1. The number of urea groups is 2. The largest absolute Gasteiger partial charge is 0.573 e. The maximum Gasteiger partial charge on any atom is 0.573 e. The Hall–Kier alpha value is -3.44. The molecular weight excluding hydrogens is 455 g/mol. The molecule has 1 aromatic carbocycles. The number of likely N-dealkylation sites (tertiary alicyclic amines) is 1. The van der Waals surface area contributed by atoms with Crippen LogP contribution in [-0.4, -0.2) is 65.6 Å². The quantitative estimate of drug-likeness (QED) is 0.655. The number of piperidine rings is 1. The summed E-state index contributed by atoms with van der Waals surface area (Å²) in [6.45, 7) is 1.23. The van der Waals surface area contributed by atoms with E-state index in [0.29, 0.717) is 24.3 Å². The molecule has 1 saturated carbocycles. The van der Waals surface area contributed by atoms with Crippen LogP contribution in [0.2, 0.25) is 0 Å². The van der Waals surface area contributed by atoms with Crippen LogP contribution in [0.15, 0.2) is 34.9 Å². The summed E-state index contributed by atoms with van der Waals surface area (Å²) in [6, 6.07) is 6.63. The third-order valence-corrected chi connectivity index (χ3v) is 5.80. The fraction of sp³-hybridized carbons (Fsp3) is 0.500. The highest BCUT2D eigenvalue weighted by Crippen LogP contribution is 2.32. The number of alkyl halides is 3. The number of aromatic nitrogens is 1. The molecule has 184 valence electrons. The van der Waals surface area contributed by atoms with E-state index in [9.17, 15) is 22.8 Å². The molecule has 1 unspecified atom stereocenters. The van der Waals surface area contributed by atoms with Crippen molar-refractivity contribution >= 4 is 12.1 Å². The Balaban J connectivity index is 1.37. The van der Waals surface area contributed by atoms with E-state index in [0.717, 1.165) is 25.7 Å². The summed E-state index contributed by atoms with van der Waals surface area (Å²) in [6.07, 6.45) is -1.30. The number of benzene rings is 1. The van der Waals surface area contributed by atoms with Gasteiger partial charge >= 0.3 is 18.4 Å². The Morgan fingerprint density at radius 2 is 2.03 bits per heavy atom. The Bertz CT molecular complexity index is 1020. The third kappa shape index (κ3) is 5.91. The Kier molecular flexibility index (Phi) is 6.85. The van der Waals surface area contributed by atoms with Crippen LogP contribution < -0.4 is 15.4 Å². The van der Waals surface area contributed by atoms with E-state index in [1.807, 2.05) is 4.90 Å². The van der Waals surface area contributed by atoms with Crippen LogP contribution >= 0.6 is 0 Å². The summed E-state index contributed by atoms with van der Waals surface area (Å²) in [7, 11) is 1.59. The van der Waals surface area contributed by atoms with Crippen molar-refractivity contribution in [2.75, 3.05) is 20.1 Å². The molecule has 1 aliphatic carbocycles. The number of hydrogen-bond donors (Lipinski definition) is 2. The van der Waals surface area contributed by atoms with Crippen LogP contribution in [0, 0.1) is 0 Å². The second-order valence-electron chi connectivity index (χ2n) is 8.35. The van der Waals surface area contributed by atoms with Gasteiger partial charge in [-0.2, -0.15) is 0 Å². The fourth-order valence-corrected chi connectivity index (χ4v) is 4.14. The zero-order valence-corrected chi connectivity index (χ0v) is 18.6. The van der Waals surface area contributed by atoms with Gasteiger partial charge in [-0.25, -0.2) is 9.59 Å². The molecule has 0 spiro atoms. The summed E-state index contributed by atoms with van der Waals surface area (Å²) in [4.78, 5) is 28.6. The normalized spacial score (nSPS) is 18.4. The van der Waals surface area contributed by atoms with Gasteiger partial charge in [0.1, 0.15) is 11.4 Å². The van der Waals surface area contributed by atoms with Crippen molar-refractivity contribution in [2.45, 2.75) is 50.7 Å². The highest BCUT2D eigenvalue weighted by molar-refractivity contribution is 5.76. The second-order valence-corrected chi connectivity index (χ2v) is 8.35. The monoisotopic (exact) mass is 481 g/mol. The lowest BCUT2D eigenvalue weighted by atomic mass is 10.0. The van der Waals surface area contributed by atoms with Crippen molar-refractivity contribution in [3.63, 3.8) is 0 Å². The Morgan fingerprint density at radius 3 is 2.74 bits per heavy atom. The number of hydrogen-bond acceptors (Lipinski definition) is 5.